The molecule has 0 saturated heterocycles. The third-order valence-electron chi connectivity index (χ3n) is 5.02. The molecule has 0 radical (unpaired) electrons. The van der Waals surface area contributed by atoms with Crippen LogP contribution < -0.4 is 14.4 Å². The van der Waals surface area contributed by atoms with Crippen LogP contribution in [0.3, 0.4) is 0 Å². The Labute approximate surface area is 183 Å². The van der Waals surface area contributed by atoms with Crippen molar-refractivity contribution in [3.05, 3.63) is 114 Å². The summed E-state index contributed by atoms with van der Waals surface area (Å²) < 4.78 is 10.7. The van der Waals surface area contributed by atoms with E-state index in [4.69, 9.17) is 9.47 Å². The first kappa shape index (κ1) is 20.3. The van der Waals surface area contributed by atoms with E-state index in [0.717, 1.165) is 39.7 Å². The number of rotatable bonds is 7. The number of ether oxygens (including phenoxy) is 2. The first-order chi connectivity index (χ1) is 15.3. The summed E-state index contributed by atoms with van der Waals surface area (Å²) >= 11 is 0. The van der Waals surface area contributed by atoms with Gasteiger partial charge in [0.15, 0.2) is 0 Å². The summed E-state index contributed by atoms with van der Waals surface area (Å²) in [5.41, 5.74) is 5.50. The molecular weight excluding hydrogens is 382 g/mol. The molecule has 0 atom stereocenters. The zero-order valence-corrected chi connectivity index (χ0v) is 17.7. The molecule has 0 amide bonds. The maximum Gasteiger partial charge on any atom is 0.123 e. The lowest BCUT2D eigenvalue weighted by Crippen LogP contribution is -2.09. The molecule has 4 aromatic rings. The van der Waals surface area contributed by atoms with Gasteiger partial charge in [0.05, 0.1) is 14.2 Å². The van der Waals surface area contributed by atoms with E-state index in [0.29, 0.717) is 0 Å². The predicted molar refractivity (Wildman–Crippen MR) is 130 cm³/mol. The quantitative estimate of drug-likeness (QED) is 0.299. The van der Waals surface area contributed by atoms with Gasteiger partial charge in [0, 0.05) is 23.1 Å². The van der Waals surface area contributed by atoms with Crippen LogP contribution in [0.5, 0.6) is 11.5 Å². The molecule has 31 heavy (non-hydrogen) atoms. The van der Waals surface area contributed by atoms with Gasteiger partial charge in [-0.15, -0.1) is 0 Å². The van der Waals surface area contributed by atoms with E-state index in [-0.39, 0.29) is 0 Å². The molecule has 0 aliphatic carbocycles. The zero-order valence-electron chi connectivity index (χ0n) is 17.7. The van der Waals surface area contributed by atoms with Crippen molar-refractivity contribution in [1.82, 2.24) is 0 Å². The minimum absolute atomic E-state index is 0.774. The van der Waals surface area contributed by atoms with Gasteiger partial charge in [-0.3, -0.25) is 0 Å². The van der Waals surface area contributed by atoms with Gasteiger partial charge in [0.25, 0.3) is 0 Å². The molecule has 4 aromatic carbocycles. The molecule has 154 valence electrons. The third kappa shape index (κ3) is 4.96. The van der Waals surface area contributed by atoms with E-state index in [9.17, 15) is 0 Å². The Kier molecular flexibility index (Phi) is 6.34. The molecule has 0 spiro atoms. The van der Waals surface area contributed by atoms with Gasteiger partial charge >= 0.3 is 0 Å². The lowest BCUT2D eigenvalue weighted by molar-refractivity contribution is 0.394. The number of methoxy groups -OCH3 is 2. The smallest absolute Gasteiger partial charge is 0.123 e. The Morgan fingerprint density at radius 2 is 0.968 bits per heavy atom. The highest BCUT2D eigenvalue weighted by atomic mass is 16.5. The fourth-order valence-corrected chi connectivity index (χ4v) is 3.45. The lowest BCUT2D eigenvalue weighted by Gasteiger charge is -2.25. The monoisotopic (exact) mass is 407 g/mol. The standard InChI is InChI=1S/C28H25NO2/c1-30-27-19-23(20-28(21-27)31-2)14-13-22-15-17-26(18-16-22)29(24-9-5-3-6-10-24)25-11-7-4-8-12-25/h3-21H,1-2H3/b14-13+. The summed E-state index contributed by atoms with van der Waals surface area (Å²) in [7, 11) is 3.32. The number of para-hydroxylation sites is 2. The molecule has 3 heteroatoms. The Balaban J connectivity index is 1.61. The van der Waals surface area contributed by atoms with Crippen LogP contribution in [0, 0.1) is 0 Å². The number of anilines is 3. The maximum absolute atomic E-state index is 5.36. The second-order valence-electron chi connectivity index (χ2n) is 7.08. The molecule has 0 unspecified atom stereocenters. The van der Waals surface area contributed by atoms with E-state index in [2.05, 4.69) is 89.8 Å². The summed E-state index contributed by atoms with van der Waals surface area (Å²) in [4.78, 5) is 2.25. The van der Waals surface area contributed by atoms with E-state index in [1.807, 2.05) is 30.3 Å². The normalized spacial score (nSPS) is 10.8. The molecule has 3 nitrogen and oxygen atoms in total. The first-order valence-corrected chi connectivity index (χ1v) is 10.2. The fraction of sp³-hybridized carbons (Fsp3) is 0.0714. The van der Waals surface area contributed by atoms with Crippen molar-refractivity contribution in [3.63, 3.8) is 0 Å². The van der Waals surface area contributed by atoms with Crippen LogP contribution in [0.25, 0.3) is 12.2 Å². The van der Waals surface area contributed by atoms with E-state index >= 15 is 0 Å². The van der Waals surface area contributed by atoms with Gasteiger partial charge in [0.1, 0.15) is 11.5 Å². The molecule has 0 aliphatic heterocycles. The Morgan fingerprint density at radius 3 is 1.45 bits per heavy atom. The average molecular weight is 408 g/mol. The highest BCUT2D eigenvalue weighted by Crippen LogP contribution is 2.34. The van der Waals surface area contributed by atoms with Gasteiger partial charge in [-0.05, 0) is 59.7 Å². The van der Waals surface area contributed by atoms with E-state index < -0.39 is 0 Å². The minimum Gasteiger partial charge on any atom is -0.497 e. The Hall–Kier alpha value is -3.98. The second-order valence-corrected chi connectivity index (χ2v) is 7.08. The highest BCUT2D eigenvalue weighted by molar-refractivity contribution is 5.78. The van der Waals surface area contributed by atoms with E-state index in [1.54, 1.807) is 14.2 Å². The largest absolute Gasteiger partial charge is 0.497 e. The van der Waals surface area contributed by atoms with Crippen LogP contribution in [0.4, 0.5) is 17.1 Å². The summed E-state index contributed by atoms with van der Waals surface area (Å²) in [6.07, 6.45) is 4.15. The molecule has 0 N–H and O–H groups in total. The third-order valence-corrected chi connectivity index (χ3v) is 5.02. The van der Waals surface area contributed by atoms with Crippen LogP contribution in [0.1, 0.15) is 11.1 Å². The van der Waals surface area contributed by atoms with Crippen LogP contribution in [0.15, 0.2) is 103 Å². The Morgan fingerprint density at radius 1 is 0.516 bits per heavy atom. The first-order valence-electron chi connectivity index (χ1n) is 10.2. The Bertz CT molecular complexity index is 1080. The fourth-order valence-electron chi connectivity index (χ4n) is 3.45. The van der Waals surface area contributed by atoms with Gasteiger partial charge in [-0.25, -0.2) is 0 Å². The van der Waals surface area contributed by atoms with Gasteiger partial charge in [-0.1, -0.05) is 60.7 Å². The minimum atomic E-state index is 0.774. The van der Waals surface area contributed by atoms with Crippen molar-refractivity contribution in [2.45, 2.75) is 0 Å². The van der Waals surface area contributed by atoms with Gasteiger partial charge in [0.2, 0.25) is 0 Å². The molecule has 0 bridgehead atoms. The summed E-state index contributed by atoms with van der Waals surface area (Å²) in [5.74, 6) is 1.55. The molecule has 0 heterocycles. The topological polar surface area (TPSA) is 21.7 Å². The number of hydrogen-bond donors (Lipinski definition) is 0. The predicted octanol–water partition coefficient (Wildman–Crippen LogP) is 7.34. The van der Waals surface area contributed by atoms with Gasteiger partial charge < -0.3 is 14.4 Å². The van der Waals surface area contributed by atoms with Crippen LogP contribution in [0.2, 0.25) is 0 Å². The lowest BCUT2D eigenvalue weighted by atomic mass is 10.1. The van der Waals surface area contributed by atoms with Crippen LogP contribution >= 0.6 is 0 Å². The highest BCUT2D eigenvalue weighted by Gasteiger charge is 2.11. The summed E-state index contributed by atoms with van der Waals surface area (Å²) in [5, 5.41) is 0. The number of benzene rings is 4. The molecule has 0 fully saturated rings. The molecular formula is C28H25NO2. The molecule has 0 aromatic heterocycles. The number of hydrogen-bond acceptors (Lipinski definition) is 3. The molecule has 0 aliphatic rings. The summed E-state index contributed by atoms with van der Waals surface area (Å²) in [6, 6.07) is 35.2. The SMILES string of the molecule is COc1cc(/C=C/c2ccc(N(c3ccccc3)c3ccccc3)cc2)cc(OC)c1. The second kappa shape index (κ2) is 9.68. The maximum atomic E-state index is 5.36. The van der Waals surface area contributed by atoms with E-state index in [1.165, 1.54) is 0 Å². The molecule has 0 saturated carbocycles. The van der Waals surface area contributed by atoms with Crippen molar-refractivity contribution in [3.8, 4) is 11.5 Å². The van der Waals surface area contributed by atoms with Crippen LogP contribution in [-0.4, -0.2) is 14.2 Å². The molecule has 4 rings (SSSR count). The zero-order chi connectivity index (χ0) is 21.5. The van der Waals surface area contributed by atoms with Crippen molar-refractivity contribution >= 4 is 29.2 Å². The van der Waals surface area contributed by atoms with Crippen LogP contribution in [-0.2, 0) is 0 Å². The van der Waals surface area contributed by atoms with Crippen molar-refractivity contribution < 1.29 is 9.47 Å². The van der Waals surface area contributed by atoms with Crippen molar-refractivity contribution in [1.29, 1.82) is 0 Å². The number of nitrogens with zero attached hydrogens (tertiary/aromatic N) is 1. The average Bonchev–Trinajstić information content (AvgIpc) is 2.85. The van der Waals surface area contributed by atoms with Gasteiger partial charge in [-0.2, -0.15) is 0 Å². The van der Waals surface area contributed by atoms with Crippen molar-refractivity contribution in [2.24, 2.45) is 0 Å². The summed E-state index contributed by atoms with van der Waals surface area (Å²) in [6.45, 7) is 0. The van der Waals surface area contributed by atoms with Crippen molar-refractivity contribution in [2.75, 3.05) is 19.1 Å².